The van der Waals surface area contributed by atoms with Crippen LogP contribution in [-0.2, 0) is 4.74 Å². The molecule has 6 rings (SSSR count). The van der Waals surface area contributed by atoms with Gasteiger partial charge in [0.2, 0.25) is 0 Å². The number of hydrogen-bond donors (Lipinski definition) is 0. The summed E-state index contributed by atoms with van der Waals surface area (Å²) in [6.45, 7) is 7.03. The summed E-state index contributed by atoms with van der Waals surface area (Å²) >= 11 is 12.7. The average molecular weight is 538 g/mol. The highest BCUT2D eigenvalue weighted by atomic mass is 35.5. The smallest absolute Gasteiger partial charge is 0.150 e. The molecule has 0 bridgehead atoms. The molecule has 4 aromatic rings. The summed E-state index contributed by atoms with van der Waals surface area (Å²) in [5.41, 5.74) is 3.54. The van der Waals surface area contributed by atoms with Gasteiger partial charge in [-0.2, -0.15) is 5.10 Å². The van der Waals surface area contributed by atoms with Gasteiger partial charge in [0, 0.05) is 54.8 Å². The predicted octanol–water partition coefficient (Wildman–Crippen LogP) is 7.10. The number of fused-ring (bicyclic) bond motifs is 1. The number of anilines is 1. The van der Waals surface area contributed by atoms with Crippen molar-refractivity contribution in [1.82, 2.24) is 19.7 Å². The van der Waals surface area contributed by atoms with Crippen molar-refractivity contribution >= 4 is 39.9 Å². The molecule has 0 spiro atoms. The lowest BCUT2D eigenvalue weighted by Crippen LogP contribution is -2.45. The Bertz CT molecular complexity index is 1390. The van der Waals surface area contributed by atoms with Crippen molar-refractivity contribution in [1.29, 1.82) is 0 Å². The van der Waals surface area contributed by atoms with E-state index in [-0.39, 0.29) is 12.3 Å². The van der Waals surface area contributed by atoms with E-state index in [1.165, 1.54) is 0 Å². The monoisotopic (exact) mass is 537 g/mol. The zero-order valence-electron chi connectivity index (χ0n) is 20.9. The molecule has 5 heterocycles. The average Bonchev–Trinajstić information content (AvgIpc) is 3.26. The molecule has 2 aliphatic heterocycles. The third kappa shape index (κ3) is 4.76. The molecule has 2 atom stereocenters. The number of pyridine rings is 2. The quantitative estimate of drug-likeness (QED) is 0.261. The Balaban J connectivity index is 1.37. The minimum absolute atomic E-state index is 0.0834. The molecule has 9 heteroatoms. The number of ether oxygens (including phenoxy) is 2. The van der Waals surface area contributed by atoms with Gasteiger partial charge in [0.05, 0.1) is 15.6 Å². The van der Waals surface area contributed by atoms with Gasteiger partial charge in [0.25, 0.3) is 0 Å². The summed E-state index contributed by atoms with van der Waals surface area (Å²) in [4.78, 5) is 11.1. The Hall–Kier alpha value is -2.87. The molecule has 2 fully saturated rings. The first-order valence-corrected chi connectivity index (χ1v) is 13.5. The van der Waals surface area contributed by atoms with Gasteiger partial charge in [-0.25, -0.2) is 9.67 Å². The van der Waals surface area contributed by atoms with Crippen LogP contribution in [0.1, 0.15) is 51.0 Å². The third-order valence-corrected chi connectivity index (χ3v) is 7.73. The minimum Gasteiger partial charge on any atom is -0.486 e. The van der Waals surface area contributed by atoms with Crippen molar-refractivity contribution in [3.05, 3.63) is 64.5 Å². The first kappa shape index (κ1) is 24.5. The fourth-order valence-electron chi connectivity index (χ4n) is 5.21. The van der Waals surface area contributed by atoms with Crippen LogP contribution < -0.4 is 9.64 Å². The minimum atomic E-state index is -0.361. The summed E-state index contributed by atoms with van der Waals surface area (Å²) in [6, 6.07) is 10.2. The fourth-order valence-corrected chi connectivity index (χ4v) is 5.89. The number of rotatable bonds is 6. The molecule has 7 nitrogen and oxygen atoms in total. The molecule has 0 N–H and O–H groups in total. The lowest BCUT2D eigenvalue weighted by atomic mass is 10.0. The van der Waals surface area contributed by atoms with Gasteiger partial charge in [-0.15, -0.1) is 0 Å². The summed E-state index contributed by atoms with van der Waals surface area (Å²) in [6.07, 6.45) is 7.77. The van der Waals surface area contributed by atoms with E-state index in [1.807, 2.05) is 36.0 Å². The van der Waals surface area contributed by atoms with Gasteiger partial charge in [-0.05, 0) is 62.4 Å². The van der Waals surface area contributed by atoms with Crippen LogP contribution in [0.25, 0.3) is 22.2 Å². The molecule has 1 unspecified atom stereocenters. The van der Waals surface area contributed by atoms with Crippen molar-refractivity contribution in [3.63, 3.8) is 0 Å². The van der Waals surface area contributed by atoms with Crippen LogP contribution in [0.3, 0.4) is 0 Å². The summed E-state index contributed by atoms with van der Waals surface area (Å²) in [5.74, 6) is 2.42. The molecule has 0 saturated carbocycles. The van der Waals surface area contributed by atoms with Gasteiger partial charge in [0.15, 0.2) is 6.23 Å². The normalized spacial score (nSPS) is 19.1. The van der Waals surface area contributed by atoms with Crippen LogP contribution in [-0.4, -0.2) is 39.4 Å². The van der Waals surface area contributed by atoms with E-state index in [0.29, 0.717) is 27.3 Å². The van der Waals surface area contributed by atoms with Crippen LogP contribution in [0, 0.1) is 5.92 Å². The molecular weight excluding hydrogens is 509 g/mol. The number of hydrogen-bond acceptors (Lipinski definition) is 6. The topological polar surface area (TPSA) is 65.3 Å². The van der Waals surface area contributed by atoms with E-state index in [2.05, 4.69) is 28.9 Å². The SMILES string of the molecule is CC1CN(c2ccc(-c3nn(C4CCCCO4)c4ccc(O[C@H](C)c5c(Cl)cncc5Cl)cc34)cn2)C1. The van der Waals surface area contributed by atoms with Crippen molar-refractivity contribution < 1.29 is 9.47 Å². The maximum Gasteiger partial charge on any atom is 0.150 e. The van der Waals surface area contributed by atoms with E-state index < -0.39 is 0 Å². The van der Waals surface area contributed by atoms with Crippen molar-refractivity contribution in [2.75, 3.05) is 24.6 Å². The predicted molar refractivity (Wildman–Crippen MR) is 146 cm³/mol. The maximum absolute atomic E-state index is 6.37. The second kappa shape index (κ2) is 10.1. The summed E-state index contributed by atoms with van der Waals surface area (Å²) in [7, 11) is 0. The zero-order chi connectivity index (χ0) is 25.5. The number of benzene rings is 1. The fraction of sp³-hybridized carbons (Fsp3) is 0.393. The zero-order valence-corrected chi connectivity index (χ0v) is 22.4. The molecule has 0 aliphatic carbocycles. The maximum atomic E-state index is 6.37. The van der Waals surface area contributed by atoms with Gasteiger partial charge in [0.1, 0.15) is 23.4 Å². The number of aromatic nitrogens is 4. The van der Waals surface area contributed by atoms with Crippen LogP contribution in [0.2, 0.25) is 10.0 Å². The molecule has 2 aliphatic rings. The Morgan fingerprint density at radius 2 is 1.86 bits per heavy atom. The molecule has 0 radical (unpaired) electrons. The molecule has 192 valence electrons. The molecule has 3 aromatic heterocycles. The lowest BCUT2D eigenvalue weighted by molar-refractivity contribution is -0.0365. The third-order valence-electron chi connectivity index (χ3n) is 7.13. The van der Waals surface area contributed by atoms with E-state index in [0.717, 1.165) is 66.9 Å². The Morgan fingerprint density at radius 1 is 1.05 bits per heavy atom. The van der Waals surface area contributed by atoms with Gasteiger partial charge < -0.3 is 14.4 Å². The van der Waals surface area contributed by atoms with Gasteiger partial charge in [-0.1, -0.05) is 30.1 Å². The second-order valence-electron chi connectivity index (χ2n) is 9.99. The highest BCUT2D eigenvalue weighted by Crippen LogP contribution is 2.37. The van der Waals surface area contributed by atoms with E-state index in [1.54, 1.807) is 12.4 Å². The second-order valence-corrected chi connectivity index (χ2v) is 10.8. The standard InChI is InChI=1S/C28H29Cl2N5O2/c1-17-15-34(16-17)25-9-6-19(12-32-25)28-21-11-20(37-18(2)27-22(29)13-31-14-23(27)30)7-8-24(21)35(33-28)26-5-3-4-10-36-26/h6-9,11-14,17-18,26H,3-5,10,15-16H2,1-2H3/t18-,26?/m1/s1. The Labute approximate surface area is 226 Å². The Morgan fingerprint density at radius 3 is 2.54 bits per heavy atom. The van der Waals surface area contributed by atoms with E-state index in [4.69, 9.17) is 42.8 Å². The van der Waals surface area contributed by atoms with Gasteiger partial charge in [-0.3, -0.25) is 4.98 Å². The van der Waals surface area contributed by atoms with Crippen LogP contribution >= 0.6 is 23.2 Å². The first-order valence-electron chi connectivity index (χ1n) is 12.8. The highest BCUT2D eigenvalue weighted by Gasteiger charge is 2.25. The van der Waals surface area contributed by atoms with E-state index >= 15 is 0 Å². The summed E-state index contributed by atoms with van der Waals surface area (Å²) < 4.78 is 14.4. The van der Waals surface area contributed by atoms with Gasteiger partial charge >= 0.3 is 0 Å². The Kier molecular flexibility index (Phi) is 6.69. The molecule has 2 saturated heterocycles. The van der Waals surface area contributed by atoms with E-state index in [9.17, 15) is 0 Å². The summed E-state index contributed by atoms with van der Waals surface area (Å²) in [5, 5.41) is 6.98. The van der Waals surface area contributed by atoms with Crippen LogP contribution in [0.5, 0.6) is 5.75 Å². The molecule has 1 aromatic carbocycles. The molecule has 37 heavy (non-hydrogen) atoms. The van der Waals surface area contributed by atoms with Crippen LogP contribution in [0.15, 0.2) is 48.9 Å². The number of halogens is 2. The number of nitrogens with zero attached hydrogens (tertiary/aromatic N) is 5. The largest absolute Gasteiger partial charge is 0.486 e. The van der Waals surface area contributed by atoms with Crippen molar-refractivity contribution in [3.8, 4) is 17.0 Å². The molecular formula is C28H29Cl2N5O2. The molecule has 0 amide bonds. The first-order chi connectivity index (χ1) is 18.0. The van der Waals surface area contributed by atoms with Crippen molar-refractivity contribution in [2.24, 2.45) is 5.92 Å². The van der Waals surface area contributed by atoms with Crippen LogP contribution in [0.4, 0.5) is 5.82 Å². The van der Waals surface area contributed by atoms with Crippen molar-refractivity contribution in [2.45, 2.75) is 45.4 Å². The lowest BCUT2D eigenvalue weighted by Gasteiger charge is -2.38. The highest BCUT2D eigenvalue weighted by molar-refractivity contribution is 6.35.